The van der Waals surface area contributed by atoms with E-state index in [4.69, 9.17) is 19.9 Å². The van der Waals surface area contributed by atoms with Crippen molar-refractivity contribution >= 4 is 17.7 Å². The number of Topliss-reactive ketones (excluding diaryl/α,β-unsaturated/α-hetero) is 2. The fourth-order valence-corrected chi connectivity index (χ4v) is 5.67. The van der Waals surface area contributed by atoms with Gasteiger partial charge < -0.3 is 35.5 Å². The number of allylic oxidation sites excluding steroid dienone is 2. The van der Waals surface area contributed by atoms with E-state index in [0.717, 1.165) is 19.6 Å². The summed E-state index contributed by atoms with van der Waals surface area (Å²) in [6.07, 6.45) is -0.930. The minimum atomic E-state index is -0.959. The Labute approximate surface area is 185 Å². The molecule has 0 aromatic rings. The summed E-state index contributed by atoms with van der Waals surface area (Å²) < 4.78 is 16.5. The van der Waals surface area contributed by atoms with E-state index in [1.165, 1.54) is 0 Å². The number of ether oxygens (including phenoxy) is 3. The van der Waals surface area contributed by atoms with E-state index in [-0.39, 0.29) is 30.3 Å². The maximum atomic E-state index is 13.7. The van der Waals surface area contributed by atoms with Crippen molar-refractivity contribution in [2.45, 2.75) is 24.7 Å². The van der Waals surface area contributed by atoms with Gasteiger partial charge in [-0.1, -0.05) is 0 Å². The number of morpholine rings is 1. The van der Waals surface area contributed by atoms with Crippen LogP contribution in [-0.2, 0) is 23.8 Å². The van der Waals surface area contributed by atoms with Crippen LogP contribution in [0.15, 0.2) is 22.5 Å². The van der Waals surface area contributed by atoms with Crippen molar-refractivity contribution in [3.8, 4) is 0 Å². The molecule has 11 heteroatoms. The maximum absolute atomic E-state index is 13.7. The van der Waals surface area contributed by atoms with Crippen LogP contribution in [0.2, 0.25) is 0 Å². The van der Waals surface area contributed by atoms with E-state index < -0.39 is 17.7 Å². The third-order valence-electron chi connectivity index (χ3n) is 7.26. The summed E-state index contributed by atoms with van der Waals surface area (Å²) in [6.45, 7) is 6.44. The van der Waals surface area contributed by atoms with Gasteiger partial charge in [0.1, 0.15) is 6.61 Å². The average molecular weight is 447 g/mol. The molecule has 174 valence electrons. The number of hydrogen-bond donors (Lipinski definition) is 3. The highest BCUT2D eigenvalue weighted by Gasteiger charge is 2.72. The van der Waals surface area contributed by atoms with E-state index in [1.54, 1.807) is 14.0 Å². The molecule has 3 saturated heterocycles. The Balaban J connectivity index is 1.41. The molecule has 4 N–H and O–H groups in total. The SMILES string of the molecule is CO[C@@]12[C@@H]3N[C@@H]3CN1C1=C(C(=O)C(NCCN3CCOCC3)=C(C)C1=O)[C@@H]2COC(N)=O. The molecule has 5 aliphatic rings. The normalized spacial score (nSPS) is 33.9. The number of nitrogens with one attached hydrogen (secondary N) is 2. The predicted molar refractivity (Wildman–Crippen MR) is 111 cm³/mol. The van der Waals surface area contributed by atoms with Gasteiger partial charge in [0, 0.05) is 57.0 Å². The number of carbonyl (C=O) groups is 3. The molecule has 4 atom stereocenters. The number of fused-ring (bicyclic) bond motifs is 4. The zero-order chi connectivity index (χ0) is 22.6. The van der Waals surface area contributed by atoms with Gasteiger partial charge in [-0.15, -0.1) is 0 Å². The van der Waals surface area contributed by atoms with Gasteiger partial charge in [0.15, 0.2) is 5.72 Å². The zero-order valence-corrected chi connectivity index (χ0v) is 18.3. The molecule has 5 rings (SSSR count). The smallest absolute Gasteiger partial charge is 0.404 e. The topological polar surface area (TPSA) is 145 Å². The van der Waals surface area contributed by atoms with Gasteiger partial charge in [-0.05, 0) is 6.92 Å². The van der Waals surface area contributed by atoms with Crippen molar-refractivity contribution in [1.82, 2.24) is 20.4 Å². The van der Waals surface area contributed by atoms with Crippen LogP contribution in [-0.4, -0.2) is 105 Å². The second-order valence-electron chi connectivity index (χ2n) is 8.80. The Hall–Kier alpha value is -2.47. The first-order chi connectivity index (χ1) is 15.4. The summed E-state index contributed by atoms with van der Waals surface area (Å²) in [4.78, 5) is 42.6. The molecule has 1 amide bonds. The summed E-state index contributed by atoms with van der Waals surface area (Å²) in [7, 11) is 1.56. The van der Waals surface area contributed by atoms with Crippen molar-refractivity contribution in [3.63, 3.8) is 0 Å². The molecule has 0 spiro atoms. The van der Waals surface area contributed by atoms with Crippen LogP contribution in [0, 0.1) is 5.92 Å². The van der Waals surface area contributed by atoms with Crippen molar-refractivity contribution in [1.29, 1.82) is 0 Å². The number of nitrogens with zero attached hydrogens (tertiary/aromatic N) is 2. The minimum absolute atomic E-state index is 0.0572. The van der Waals surface area contributed by atoms with Gasteiger partial charge in [0.25, 0.3) is 0 Å². The fraction of sp³-hybridized carbons (Fsp3) is 0.667. The van der Waals surface area contributed by atoms with Crippen LogP contribution in [0.3, 0.4) is 0 Å². The molecule has 1 aliphatic carbocycles. The molecular formula is C21H29N5O6. The van der Waals surface area contributed by atoms with Gasteiger partial charge in [-0.2, -0.15) is 0 Å². The summed E-state index contributed by atoms with van der Waals surface area (Å²) in [5.74, 6) is -1.07. The van der Waals surface area contributed by atoms with Gasteiger partial charge in [-0.3, -0.25) is 14.5 Å². The third-order valence-corrected chi connectivity index (χ3v) is 7.26. The molecule has 3 fully saturated rings. The molecular weight excluding hydrogens is 418 g/mol. The highest BCUT2D eigenvalue weighted by molar-refractivity contribution is 6.25. The molecule has 11 nitrogen and oxygen atoms in total. The van der Waals surface area contributed by atoms with E-state index in [9.17, 15) is 14.4 Å². The molecule has 4 aliphatic heterocycles. The van der Waals surface area contributed by atoms with E-state index >= 15 is 0 Å². The van der Waals surface area contributed by atoms with Crippen LogP contribution in [0.4, 0.5) is 4.79 Å². The maximum Gasteiger partial charge on any atom is 0.404 e. The number of carbonyl (C=O) groups excluding carboxylic acids is 3. The summed E-state index contributed by atoms with van der Waals surface area (Å²) in [5.41, 5.74) is 5.66. The van der Waals surface area contributed by atoms with Crippen molar-refractivity contribution in [3.05, 3.63) is 22.5 Å². The quantitative estimate of drug-likeness (QED) is 0.305. The number of rotatable bonds is 7. The number of piperazine rings is 1. The molecule has 0 bridgehead atoms. The van der Waals surface area contributed by atoms with Crippen LogP contribution >= 0.6 is 0 Å². The lowest BCUT2D eigenvalue weighted by Crippen LogP contribution is -2.55. The minimum Gasteiger partial charge on any atom is -0.449 e. The lowest BCUT2D eigenvalue weighted by molar-refractivity contribution is -0.137. The van der Waals surface area contributed by atoms with Crippen LogP contribution < -0.4 is 16.4 Å². The monoisotopic (exact) mass is 447 g/mol. The number of methoxy groups -OCH3 is 1. The first-order valence-electron chi connectivity index (χ1n) is 11.0. The number of nitrogens with two attached hydrogens (primary N) is 1. The van der Waals surface area contributed by atoms with Crippen LogP contribution in [0.1, 0.15) is 6.92 Å². The van der Waals surface area contributed by atoms with Crippen molar-refractivity contribution in [2.24, 2.45) is 11.7 Å². The lowest BCUT2D eigenvalue weighted by Gasteiger charge is -2.39. The number of amides is 1. The molecule has 0 aromatic carbocycles. The lowest BCUT2D eigenvalue weighted by atomic mass is 9.82. The van der Waals surface area contributed by atoms with E-state index in [1.807, 2.05) is 4.90 Å². The third kappa shape index (κ3) is 3.06. The van der Waals surface area contributed by atoms with Gasteiger partial charge in [0.05, 0.1) is 36.6 Å². The average Bonchev–Trinajstić information content (AvgIpc) is 3.40. The van der Waals surface area contributed by atoms with Crippen molar-refractivity contribution < 1.29 is 28.6 Å². The Morgan fingerprint density at radius 1 is 1.31 bits per heavy atom. The standard InChI is InChI=1S/C21H29N5O6/c1-11-15(23-3-4-25-5-7-31-8-6-25)18(28)14-12(10-32-20(22)29)21(30-2)19-13(24-19)9-26(21)16(14)17(11)27/h12-13,19,23-24H,3-10H2,1-2H3,(H2,22,29)/t12-,13+,19+,21-/m0/s1. The first-order valence-corrected chi connectivity index (χ1v) is 11.0. The number of ketones is 2. The highest BCUT2D eigenvalue weighted by atomic mass is 16.6. The Bertz CT molecular complexity index is 926. The number of primary amides is 1. The van der Waals surface area contributed by atoms with Gasteiger partial charge in [-0.25, -0.2) is 4.79 Å². The van der Waals surface area contributed by atoms with Crippen LogP contribution in [0.5, 0.6) is 0 Å². The molecule has 0 radical (unpaired) electrons. The zero-order valence-electron chi connectivity index (χ0n) is 18.3. The highest BCUT2D eigenvalue weighted by Crippen LogP contribution is 2.55. The summed E-state index contributed by atoms with van der Waals surface area (Å²) in [6, 6.07) is 0.110. The molecule has 4 heterocycles. The Morgan fingerprint density at radius 2 is 2.06 bits per heavy atom. The Kier molecular flexibility index (Phi) is 5.24. The van der Waals surface area contributed by atoms with Crippen molar-refractivity contribution in [2.75, 3.05) is 59.7 Å². The molecule has 0 unspecified atom stereocenters. The first kappa shape index (κ1) is 21.4. The van der Waals surface area contributed by atoms with Crippen LogP contribution in [0.25, 0.3) is 0 Å². The van der Waals surface area contributed by atoms with E-state index in [0.29, 0.717) is 48.8 Å². The molecule has 0 saturated carbocycles. The van der Waals surface area contributed by atoms with E-state index in [2.05, 4.69) is 15.5 Å². The fourth-order valence-electron chi connectivity index (χ4n) is 5.67. The van der Waals surface area contributed by atoms with Gasteiger partial charge in [0.2, 0.25) is 11.6 Å². The number of hydrogen-bond acceptors (Lipinski definition) is 10. The predicted octanol–water partition coefficient (Wildman–Crippen LogP) is -1.69. The van der Waals surface area contributed by atoms with Gasteiger partial charge >= 0.3 is 6.09 Å². The molecule has 0 aromatic heterocycles. The molecule has 32 heavy (non-hydrogen) atoms. The summed E-state index contributed by atoms with van der Waals surface area (Å²) in [5, 5.41) is 6.55. The second-order valence-corrected chi connectivity index (χ2v) is 8.80. The second kappa shape index (κ2) is 7.84. The summed E-state index contributed by atoms with van der Waals surface area (Å²) >= 11 is 0. The largest absolute Gasteiger partial charge is 0.449 e. The Morgan fingerprint density at radius 3 is 2.75 bits per heavy atom.